The van der Waals surface area contributed by atoms with E-state index in [1.807, 2.05) is 0 Å². The molecule has 0 spiro atoms. The van der Waals surface area contributed by atoms with Crippen LogP contribution >= 0.6 is 0 Å². The van der Waals surface area contributed by atoms with Gasteiger partial charge in [-0.1, -0.05) is 6.07 Å². The van der Waals surface area contributed by atoms with Crippen LogP contribution in [0.4, 0.5) is 19.4 Å². The lowest BCUT2D eigenvalue weighted by molar-refractivity contribution is 0.0796. The van der Waals surface area contributed by atoms with Gasteiger partial charge in [0.2, 0.25) is 5.88 Å². The predicted octanol–water partition coefficient (Wildman–Crippen LogP) is 1.22. The van der Waals surface area contributed by atoms with Gasteiger partial charge in [0.25, 0.3) is 6.43 Å². The third-order valence-electron chi connectivity index (χ3n) is 1.33. The Morgan fingerprint density at radius 1 is 1.60 bits per heavy atom. The Morgan fingerprint density at radius 3 is 2.93 bits per heavy atom. The quantitative estimate of drug-likeness (QED) is 0.795. The van der Waals surface area contributed by atoms with Crippen LogP contribution in [0.5, 0.6) is 5.88 Å². The van der Waals surface area contributed by atoms with Gasteiger partial charge in [-0.25, -0.2) is 13.6 Å². The van der Waals surface area contributed by atoms with E-state index in [-0.39, 0.29) is 11.7 Å². The molecule has 1 aromatic rings. The molecule has 3 N–H and O–H groups in total. The monoisotopic (exact) mass is 217 g/mol. The smallest absolute Gasteiger partial charge is 0.317 e. The number of carbonyl (C=O) groups excluding carboxylic acids is 1. The van der Waals surface area contributed by atoms with Crippen molar-refractivity contribution in [2.75, 3.05) is 11.9 Å². The molecule has 0 aliphatic heterocycles. The minimum absolute atomic E-state index is 0.00144. The summed E-state index contributed by atoms with van der Waals surface area (Å²) in [7, 11) is 0. The summed E-state index contributed by atoms with van der Waals surface area (Å²) in [6.07, 6.45) is -2.57. The first kappa shape index (κ1) is 11.2. The zero-order valence-corrected chi connectivity index (χ0v) is 7.61. The third kappa shape index (κ3) is 4.21. The standard InChI is InChI=1S/C8H9F2N3O2/c9-5(10)4-15-7-3-1-2-6(12-7)13-8(11)14/h1-3,5H,4H2,(H3,11,12,13,14). The van der Waals surface area contributed by atoms with Crippen molar-refractivity contribution in [3.8, 4) is 5.88 Å². The summed E-state index contributed by atoms with van der Waals surface area (Å²) in [6.45, 7) is -0.743. The zero-order valence-electron chi connectivity index (χ0n) is 7.61. The highest BCUT2D eigenvalue weighted by molar-refractivity contribution is 5.86. The Balaban J connectivity index is 2.61. The summed E-state index contributed by atoms with van der Waals surface area (Å²) < 4.78 is 28.2. The number of nitrogens with two attached hydrogens (primary N) is 1. The van der Waals surface area contributed by atoms with Gasteiger partial charge in [0, 0.05) is 6.07 Å². The van der Waals surface area contributed by atoms with E-state index in [0.29, 0.717) is 0 Å². The van der Waals surface area contributed by atoms with Crippen molar-refractivity contribution < 1.29 is 18.3 Å². The van der Waals surface area contributed by atoms with E-state index < -0.39 is 19.1 Å². The number of alkyl halides is 2. The van der Waals surface area contributed by atoms with Gasteiger partial charge in [0.1, 0.15) is 5.82 Å². The van der Waals surface area contributed by atoms with Crippen molar-refractivity contribution in [1.82, 2.24) is 4.98 Å². The molecule has 0 aromatic carbocycles. The summed E-state index contributed by atoms with van der Waals surface area (Å²) in [6, 6.07) is 3.57. The molecule has 0 saturated heterocycles. The molecule has 0 unspecified atom stereocenters. The minimum Gasteiger partial charge on any atom is -0.472 e. The first-order valence-corrected chi connectivity index (χ1v) is 4.02. The van der Waals surface area contributed by atoms with Crippen molar-refractivity contribution in [3.63, 3.8) is 0 Å². The maximum atomic E-state index is 11.8. The summed E-state index contributed by atoms with van der Waals surface area (Å²) >= 11 is 0. The van der Waals surface area contributed by atoms with Gasteiger partial charge in [-0.15, -0.1) is 0 Å². The molecule has 0 aliphatic rings. The van der Waals surface area contributed by atoms with Gasteiger partial charge in [-0.3, -0.25) is 5.32 Å². The van der Waals surface area contributed by atoms with Crippen molar-refractivity contribution >= 4 is 11.8 Å². The van der Waals surface area contributed by atoms with Crippen LogP contribution in [0.25, 0.3) is 0 Å². The number of nitrogens with zero attached hydrogens (tertiary/aromatic N) is 1. The Bertz CT molecular complexity index is 346. The maximum Gasteiger partial charge on any atom is 0.317 e. The number of urea groups is 1. The molecule has 0 radical (unpaired) electrons. The molecule has 82 valence electrons. The summed E-state index contributed by atoms with van der Waals surface area (Å²) in [4.78, 5) is 14.2. The molecule has 5 nitrogen and oxygen atoms in total. The van der Waals surface area contributed by atoms with Crippen LogP contribution in [0.2, 0.25) is 0 Å². The van der Waals surface area contributed by atoms with Gasteiger partial charge < -0.3 is 10.5 Å². The average molecular weight is 217 g/mol. The third-order valence-corrected chi connectivity index (χ3v) is 1.33. The van der Waals surface area contributed by atoms with Crippen LogP contribution < -0.4 is 15.8 Å². The molecule has 0 aliphatic carbocycles. The fraction of sp³-hybridized carbons (Fsp3) is 0.250. The summed E-state index contributed by atoms with van der Waals surface area (Å²) in [5.41, 5.74) is 4.85. The predicted molar refractivity (Wildman–Crippen MR) is 48.9 cm³/mol. The first-order chi connectivity index (χ1) is 7.08. The van der Waals surface area contributed by atoms with Crippen LogP contribution in [-0.2, 0) is 0 Å². The average Bonchev–Trinajstić information content (AvgIpc) is 2.14. The lowest BCUT2D eigenvalue weighted by Crippen LogP contribution is -2.20. The lowest BCUT2D eigenvalue weighted by atomic mass is 10.4. The normalized spacial score (nSPS) is 10.1. The molecule has 1 rings (SSSR count). The molecule has 0 atom stereocenters. The molecule has 2 amide bonds. The number of hydrogen-bond acceptors (Lipinski definition) is 3. The van der Waals surface area contributed by atoms with E-state index in [4.69, 9.17) is 5.73 Å². The maximum absolute atomic E-state index is 11.8. The molecule has 0 bridgehead atoms. The van der Waals surface area contributed by atoms with Crippen molar-refractivity contribution in [2.45, 2.75) is 6.43 Å². The van der Waals surface area contributed by atoms with Crippen LogP contribution in [0.1, 0.15) is 0 Å². The number of pyridine rings is 1. The van der Waals surface area contributed by atoms with Gasteiger partial charge in [0.05, 0.1) is 0 Å². The van der Waals surface area contributed by atoms with Crippen molar-refractivity contribution in [1.29, 1.82) is 0 Å². The lowest BCUT2D eigenvalue weighted by Gasteiger charge is -2.06. The number of primary amides is 1. The zero-order chi connectivity index (χ0) is 11.3. The summed E-state index contributed by atoms with van der Waals surface area (Å²) in [5, 5.41) is 2.19. The molecular weight excluding hydrogens is 208 g/mol. The molecule has 0 fully saturated rings. The Labute approximate surface area is 84.2 Å². The van der Waals surface area contributed by atoms with Crippen LogP contribution in [0.3, 0.4) is 0 Å². The van der Waals surface area contributed by atoms with Gasteiger partial charge in [0.15, 0.2) is 6.61 Å². The van der Waals surface area contributed by atoms with Crippen molar-refractivity contribution in [3.05, 3.63) is 18.2 Å². The molecular formula is C8H9F2N3O2. The molecule has 15 heavy (non-hydrogen) atoms. The number of amides is 2. The largest absolute Gasteiger partial charge is 0.472 e. The first-order valence-electron chi connectivity index (χ1n) is 4.02. The highest BCUT2D eigenvalue weighted by atomic mass is 19.3. The Kier molecular flexibility index (Phi) is 3.78. The molecule has 0 saturated carbocycles. The van der Waals surface area contributed by atoms with Gasteiger partial charge in [-0.2, -0.15) is 4.98 Å². The van der Waals surface area contributed by atoms with Gasteiger partial charge >= 0.3 is 6.03 Å². The second-order valence-corrected chi connectivity index (χ2v) is 2.55. The SMILES string of the molecule is NC(=O)Nc1cccc(OCC(F)F)n1. The minimum atomic E-state index is -2.57. The summed E-state index contributed by atoms with van der Waals surface area (Å²) in [5.74, 6) is 0.149. The van der Waals surface area contributed by atoms with Crippen LogP contribution in [-0.4, -0.2) is 24.0 Å². The second-order valence-electron chi connectivity index (χ2n) is 2.55. The Hall–Kier alpha value is -1.92. The van der Waals surface area contributed by atoms with Gasteiger partial charge in [-0.05, 0) is 6.07 Å². The second kappa shape index (κ2) is 5.08. The number of nitrogens with one attached hydrogen (secondary N) is 1. The van der Waals surface area contributed by atoms with Crippen LogP contribution in [0.15, 0.2) is 18.2 Å². The van der Waals surface area contributed by atoms with E-state index in [1.54, 1.807) is 0 Å². The molecule has 7 heteroatoms. The number of anilines is 1. The van der Waals surface area contributed by atoms with E-state index in [1.165, 1.54) is 18.2 Å². The molecule has 1 aromatic heterocycles. The number of ether oxygens (including phenoxy) is 1. The fourth-order valence-electron chi connectivity index (χ4n) is 0.839. The van der Waals surface area contributed by atoms with Crippen LogP contribution in [0, 0.1) is 0 Å². The highest BCUT2D eigenvalue weighted by Gasteiger charge is 2.05. The number of aromatic nitrogens is 1. The number of hydrogen-bond donors (Lipinski definition) is 2. The van der Waals surface area contributed by atoms with Crippen molar-refractivity contribution in [2.24, 2.45) is 5.73 Å². The van der Waals surface area contributed by atoms with E-state index >= 15 is 0 Å². The van der Waals surface area contributed by atoms with E-state index in [0.717, 1.165) is 0 Å². The highest BCUT2D eigenvalue weighted by Crippen LogP contribution is 2.11. The number of rotatable bonds is 4. The number of halogens is 2. The van der Waals surface area contributed by atoms with E-state index in [2.05, 4.69) is 15.0 Å². The Morgan fingerprint density at radius 2 is 2.33 bits per heavy atom. The fourth-order valence-corrected chi connectivity index (χ4v) is 0.839. The number of carbonyl (C=O) groups is 1. The molecule has 1 heterocycles. The van der Waals surface area contributed by atoms with E-state index in [9.17, 15) is 13.6 Å². The topological polar surface area (TPSA) is 77.2 Å².